The van der Waals surface area contributed by atoms with Gasteiger partial charge in [0.2, 0.25) is 0 Å². The maximum Gasteiger partial charge on any atom is 0.136 e. The Balaban J connectivity index is 1.25. The second-order valence-electron chi connectivity index (χ2n) is 12.1. The third kappa shape index (κ3) is 4.83. The van der Waals surface area contributed by atoms with E-state index in [4.69, 9.17) is 4.42 Å². The van der Waals surface area contributed by atoms with E-state index in [1.165, 1.54) is 33.0 Å². The molecule has 9 rings (SSSR count). The largest absolute Gasteiger partial charge is 0.456 e. The summed E-state index contributed by atoms with van der Waals surface area (Å²) in [6.45, 7) is 0. The van der Waals surface area contributed by atoms with Crippen LogP contribution in [0.4, 0.5) is 17.1 Å². The number of furan rings is 1. The predicted molar refractivity (Wildman–Crippen MR) is 202 cm³/mol. The molecule has 8 aromatic carbocycles. The van der Waals surface area contributed by atoms with Crippen molar-refractivity contribution in [3.05, 3.63) is 188 Å². The number of fused-ring (bicyclic) bond motifs is 4. The van der Waals surface area contributed by atoms with E-state index in [0.29, 0.717) is 0 Å². The summed E-state index contributed by atoms with van der Waals surface area (Å²) < 4.78 is 6.32. The number of rotatable bonds is 6. The van der Waals surface area contributed by atoms with Crippen LogP contribution >= 0.6 is 0 Å². The van der Waals surface area contributed by atoms with Gasteiger partial charge in [0.15, 0.2) is 0 Å². The van der Waals surface area contributed by atoms with Crippen molar-refractivity contribution in [2.24, 2.45) is 0 Å². The summed E-state index contributed by atoms with van der Waals surface area (Å²) in [5.74, 6) is 0. The minimum Gasteiger partial charge on any atom is -0.456 e. The molecule has 0 saturated carbocycles. The molecule has 48 heavy (non-hydrogen) atoms. The summed E-state index contributed by atoms with van der Waals surface area (Å²) in [4.78, 5) is 2.38. The summed E-state index contributed by atoms with van der Waals surface area (Å²) in [5, 5.41) is 4.75. The van der Waals surface area contributed by atoms with Crippen molar-refractivity contribution in [3.8, 4) is 33.4 Å². The minimum absolute atomic E-state index is 0.889. The van der Waals surface area contributed by atoms with Crippen LogP contribution in [0.25, 0.3) is 66.1 Å². The van der Waals surface area contributed by atoms with Crippen molar-refractivity contribution >= 4 is 49.8 Å². The first kappa shape index (κ1) is 27.9. The maximum absolute atomic E-state index is 6.32. The van der Waals surface area contributed by atoms with E-state index in [9.17, 15) is 0 Å². The fraction of sp³-hybridized carbons (Fsp3) is 0. The molecule has 0 unspecified atom stereocenters. The molecule has 0 atom stereocenters. The molecule has 0 saturated heterocycles. The van der Waals surface area contributed by atoms with Crippen LogP contribution < -0.4 is 4.90 Å². The standard InChI is InChI=1S/C46H31NO/c1-2-13-32(14-3-1)35-17-10-18-37(31-35)47(36-29-27-34(28-30-36)39-22-11-16-33-15-4-5-19-38(33)39)43-24-8-6-20-40(43)41-23-12-26-45-46(41)42-21-7-9-25-44(42)48-45/h1-31H. The van der Waals surface area contributed by atoms with Crippen LogP contribution in [0.5, 0.6) is 0 Å². The Morgan fingerprint density at radius 2 is 0.979 bits per heavy atom. The van der Waals surface area contributed by atoms with E-state index in [1.54, 1.807) is 0 Å². The van der Waals surface area contributed by atoms with E-state index in [2.05, 4.69) is 181 Å². The lowest BCUT2D eigenvalue weighted by Crippen LogP contribution is -2.11. The van der Waals surface area contributed by atoms with Gasteiger partial charge in [0.05, 0.1) is 5.69 Å². The molecule has 0 fully saturated rings. The molecule has 0 radical (unpaired) electrons. The van der Waals surface area contributed by atoms with Crippen molar-refractivity contribution in [1.29, 1.82) is 0 Å². The zero-order valence-electron chi connectivity index (χ0n) is 26.3. The van der Waals surface area contributed by atoms with Crippen LogP contribution in [0.1, 0.15) is 0 Å². The summed E-state index contributed by atoms with van der Waals surface area (Å²) in [5.41, 5.74) is 12.1. The molecule has 0 amide bonds. The van der Waals surface area contributed by atoms with Gasteiger partial charge in [0.25, 0.3) is 0 Å². The van der Waals surface area contributed by atoms with Gasteiger partial charge in [-0.25, -0.2) is 0 Å². The molecule has 9 aromatic rings. The van der Waals surface area contributed by atoms with E-state index in [1.807, 2.05) is 12.1 Å². The minimum atomic E-state index is 0.889. The molecule has 0 bridgehead atoms. The van der Waals surface area contributed by atoms with E-state index in [0.717, 1.165) is 50.1 Å². The zero-order valence-corrected chi connectivity index (χ0v) is 26.3. The van der Waals surface area contributed by atoms with Crippen LogP contribution in [0, 0.1) is 0 Å². The second kappa shape index (κ2) is 11.8. The summed E-state index contributed by atoms with van der Waals surface area (Å²) in [7, 11) is 0. The fourth-order valence-corrected chi connectivity index (χ4v) is 7.05. The third-order valence-corrected chi connectivity index (χ3v) is 9.28. The summed E-state index contributed by atoms with van der Waals surface area (Å²) >= 11 is 0. The molecule has 0 aliphatic heterocycles. The Labute approximate surface area is 279 Å². The van der Waals surface area contributed by atoms with Crippen LogP contribution in [0.2, 0.25) is 0 Å². The first-order valence-corrected chi connectivity index (χ1v) is 16.4. The molecule has 226 valence electrons. The number of hydrogen-bond acceptors (Lipinski definition) is 2. The molecule has 0 N–H and O–H groups in total. The molecule has 0 spiro atoms. The van der Waals surface area contributed by atoms with Crippen LogP contribution in [-0.2, 0) is 0 Å². The van der Waals surface area contributed by atoms with Gasteiger partial charge < -0.3 is 9.32 Å². The Hall–Kier alpha value is -6.38. The Bertz CT molecular complexity index is 2560. The summed E-state index contributed by atoms with van der Waals surface area (Å²) in [6.07, 6.45) is 0. The number of para-hydroxylation sites is 2. The van der Waals surface area contributed by atoms with E-state index < -0.39 is 0 Å². The van der Waals surface area contributed by atoms with Gasteiger partial charge in [0, 0.05) is 27.7 Å². The topological polar surface area (TPSA) is 16.4 Å². The normalized spacial score (nSPS) is 11.3. The smallest absolute Gasteiger partial charge is 0.136 e. The van der Waals surface area contributed by atoms with E-state index >= 15 is 0 Å². The van der Waals surface area contributed by atoms with Gasteiger partial charge >= 0.3 is 0 Å². The van der Waals surface area contributed by atoms with Crippen LogP contribution in [0.3, 0.4) is 0 Å². The van der Waals surface area contributed by atoms with Gasteiger partial charge in [-0.3, -0.25) is 0 Å². The van der Waals surface area contributed by atoms with Gasteiger partial charge in [-0.1, -0.05) is 146 Å². The second-order valence-corrected chi connectivity index (χ2v) is 12.1. The fourth-order valence-electron chi connectivity index (χ4n) is 7.05. The third-order valence-electron chi connectivity index (χ3n) is 9.28. The van der Waals surface area contributed by atoms with Gasteiger partial charge in [0.1, 0.15) is 11.2 Å². The molecular formula is C46H31NO. The highest BCUT2D eigenvalue weighted by atomic mass is 16.3. The molecule has 0 aliphatic rings. The van der Waals surface area contributed by atoms with Crippen molar-refractivity contribution in [3.63, 3.8) is 0 Å². The maximum atomic E-state index is 6.32. The number of benzene rings is 8. The van der Waals surface area contributed by atoms with Crippen LogP contribution in [-0.4, -0.2) is 0 Å². The molecule has 1 heterocycles. The van der Waals surface area contributed by atoms with Crippen molar-refractivity contribution in [2.45, 2.75) is 0 Å². The van der Waals surface area contributed by atoms with Crippen molar-refractivity contribution in [1.82, 2.24) is 0 Å². The van der Waals surface area contributed by atoms with Crippen molar-refractivity contribution in [2.75, 3.05) is 4.90 Å². The lowest BCUT2D eigenvalue weighted by molar-refractivity contribution is 0.669. The predicted octanol–water partition coefficient (Wildman–Crippen LogP) is 13.2. The molecule has 1 aromatic heterocycles. The number of nitrogens with zero attached hydrogens (tertiary/aromatic N) is 1. The Morgan fingerprint density at radius 3 is 1.88 bits per heavy atom. The van der Waals surface area contributed by atoms with Gasteiger partial charge in [-0.05, 0) is 81.1 Å². The average molecular weight is 614 g/mol. The molecule has 2 nitrogen and oxygen atoms in total. The molecular weight excluding hydrogens is 583 g/mol. The van der Waals surface area contributed by atoms with Gasteiger partial charge in [-0.15, -0.1) is 0 Å². The first-order valence-electron chi connectivity index (χ1n) is 16.4. The Kier molecular flexibility index (Phi) is 6.84. The SMILES string of the molecule is c1ccc(-c2cccc(N(c3ccc(-c4cccc5ccccc45)cc3)c3ccccc3-c3cccc4oc5ccccc5c34)c2)cc1. The highest BCUT2D eigenvalue weighted by molar-refractivity contribution is 6.14. The highest BCUT2D eigenvalue weighted by Gasteiger charge is 2.20. The monoisotopic (exact) mass is 613 g/mol. The number of hydrogen-bond donors (Lipinski definition) is 0. The molecule has 2 heteroatoms. The number of anilines is 3. The highest BCUT2D eigenvalue weighted by Crippen LogP contribution is 2.45. The van der Waals surface area contributed by atoms with Gasteiger partial charge in [-0.2, -0.15) is 0 Å². The summed E-state index contributed by atoms with van der Waals surface area (Å²) in [6, 6.07) is 66.9. The first-order chi connectivity index (χ1) is 23.8. The zero-order chi connectivity index (χ0) is 31.9. The average Bonchev–Trinajstić information content (AvgIpc) is 3.55. The van der Waals surface area contributed by atoms with Crippen LogP contribution in [0.15, 0.2) is 192 Å². The lowest BCUT2D eigenvalue weighted by Gasteiger charge is -2.28. The Morgan fingerprint density at radius 1 is 0.354 bits per heavy atom. The van der Waals surface area contributed by atoms with Crippen molar-refractivity contribution < 1.29 is 4.42 Å². The quantitative estimate of drug-likeness (QED) is 0.185. The van der Waals surface area contributed by atoms with E-state index in [-0.39, 0.29) is 0 Å². The molecule has 0 aliphatic carbocycles. The lowest BCUT2D eigenvalue weighted by atomic mass is 9.96.